The number of hydrogen-bond donors (Lipinski definition) is 1. The number of amides is 1. The van der Waals surface area contributed by atoms with Crippen LogP contribution in [0.4, 0.5) is 5.69 Å². The minimum atomic E-state index is -0.294. The van der Waals surface area contributed by atoms with Crippen molar-refractivity contribution in [2.75, 3.05) is 26.1 Å². The first-order chi connectivity index (χ1) is 14.6. The highest BCUT2D eigenvalue weighted by atomic mass is 16.5. The van der Waals surface area contributed by atoms with E-state index in [1.165, 1.54) is 0 Å². The average molecular weight is 407 g/mol. The van der Waals surface area contributed by atoms with Gasteiger partial charge in [0, 0.05) is 5.69 Å². The molecule has 3 aromatic rings. The molecule has 1 amide bonds. The molecule has 6 heteroatoms. The molecule has 0 unspecified atom stereocenters. The highest BCUT2D eigenvalue weighted by molar-refractivity contribution is 5.92. The van der Waals surface area contributed by atoms with Crippen molar-refractivity contribution in [3.63, 3.8) is 0 Å². The van der Waals surface area contributed by atoms with Crippen molar-refractivity contribution in [1.29, 1.82) is 0 Å². The van der Waals surface area contributed by atoms with Gasteiger partial charge in [0.25, 0.3) is 5.91 Å². The van der Waals surface area contributed by atoms with E-state index in [9.17, 15) is 4.79 Å². The Hall–Kier alpha value is -3.67. The van der Waals surface area contributed by atoms with Gasteiger partial charge in [0.2, 0.25) is 5.75 Å². The molecule has 0 radical (unpaired) electrons. The van der Waals surface area contributed by atoms with Gasteiger partial charge in [0.05, 0.1) is 14.2 Å². The summed E-state index contributed by atoms with van der Waals surface area (Å²) in [5.74, 6) is 1.85. The number of aryl methyl sites for hydroxylation is 1. The second-order valence-corrected chi connectivity index (χ2v) is 6.63. The molecule has 0 aliphatic heterocycles. The highest BCUT2D eigenvalue weighted by Gasteiger charge is 2.15. The number of methoxy groups -OCH3 is 2. The van der Waals surface area contributed by atoms with E-state index in [0.29, 0.717) is 29.5 Å². The van der Waals surface area contributed by atoms with E-state index in [-0.39, 0.29) is 12.5 Å². The molecule has 0 atom stereocenters. The van der Waals surface area contributed by atoms with Crippen LogP contribution in [0.3, 0.4) is 0 Å². The molecule has 3 rings (SSSR count). The quantitative estimate of drug-likeness (QED) is 0.561. The van der Waals surface area contributed by atoms with Gasteiger partial charge < -0.3 is 24.3 Å². The van der Waals surface area contributed by atoms with Crippen molar-refractivity contribution in [3.8, 4) is 23.0 Å². The molecular weight excluding hydrogens is 382 g/mol. The fourth-order valence-electron chi connectivity index (χ4n) is 2.86. The van der Waals surface area contributed by atoms with Gasteiger partial charge in [-0.25, -0.2) is 0 Å². The van der Waals surface area contributed by atoms with Crippen molar-refractivity contribution in [2.24, 2.45) is 0 Å². The van der Waals surface area contributed by atoms with Crippen molar-refractivity contribution in [2.45, 2.75) is 13.5 Å². The summed E-state index contributed by atoms with van der Waals surface area (Å²) in [7, 11) is 3.09. The zero-order valence-corrected chi connectivity index (χ0v) is 17.3. The Labute approximate surface area is 176 Å². The van der Waals surface area contributed by atoms with E-state index in [2.05, 4.69) is 5.32 Å². The van der Waals surface area contributed by atoms with Crippen LogP contribution in [0, 0.1) is 6.92 Å². The van der Waals surface area contributed by atoms with Gasteiger partial charge in [-0.1, -0.05) is 30.3 Å². The third-order valence-corrected chi connectivity index (χ3v) is 4.34. The number of benzene rings is 3. The molecule has 0 spiro atoms. The Morgan fingerprint density at radius 3 is 2.10 bits per heavy atom. The van der Waals surface area contributed by atoms with Gasteiger partial charge in [-0.3, -0.25) is 4.79 Å². The number of carbonyl (C=O) groups excluding carboxylic acids is 1. The molecule has 0 aliphatic carbocycles. The second-order valence-electron chi connectivity index (χ2n) is 6.63. The molecule has 156 valence electrons. The summed E-state index contributed by atoms with van der Waals surface area (Å²) in [6, 6.07) is 20.8. The lowest BCUT2D eigenvalue weighted by atomic mass is 10.2. The summed E-state index contributed by atoms with van der Waals surface area (Å²) in [5.41, 5.74) is 2.71. The minimum absolute atomic E-state index is 0.179. The van der Waals surface area contributed by atoms with E-state index in [0.717, 1.165) is 16.9 Å². The molecule has 0 aliphatic rings. The van der Waals surface area contributed by atoms with Crippen molar-refractivity contribution < 1.29 is 23.7 Å². The molecule has 0 heterocycles. The number of carbonyl (C=O) groups is 1. The molecular formula is C24H25NO5. The van der Waals surface area contributed by atoms with Crippen molar-refractivity contribution in [3.05, 3.63) is 77.9 Å². The molecule has 0 fully saturated rings. The van der Waals surface area contributed by atoms with Crippen molar-refractivity contribution >= 4 is 11.6 Å². The summed E-state index contributed by atoms with van der Waals surface area (Å²) in [4.78, 5) is 12.3. The first-order valence-corrected chi connectivity index (χ1v) is 9.51. The zero-order chi connectivity index (χ0) is 21.3. The fraction of sp³-hybridized carbons (Fsp3) is 0.208. The summed E-state index contributed by atoms with van der Waals surface area (Å²) in [6.45, 7) is 2.23. The first-order valence-electron chi connectivity index (χ1n) is 9.51. The van der Waals surface area contributed by atoms with Gasteiger partial charge in [-0.15, -0.1) is 0 Å². The Morgan fingerprint density at radius 1 is 0.867 bits per heavy atom. The van der Waals surface area contributed by atoms with Crippen LogP contribution in [0.5, 0.6) is 23.0 Å². The van der Waals surface area contributed by atoms with Gasteiger partial charge in [-0.2, -0.15) is 0 Å². The SMILES string of the molecule is COc1cc(C)cc(OC)c1OCC(=O)Nc1ccc(OCc2ccccc2)cc1. The molecule has 0 bridgehead atoms. The lowest BCUT2D eigenvalue weighted by Crippen LogP contribution is -2.20. The average Bonchev–Trinajstić information content (AvgIpc) is 2.77. The topological polar surface area (TPSA) is 66.0 Å². The van der Waals surface area contributed by atoms with E-state index >= 15 is 0 Å². The van der Waals surface area contributed by atoms with Gasteiger partial charge in [0.15, 0.2) is 18.1 Å². The van der Waals surface area contributed by atoms with E-state index in [1.54, 1.807) is 26.4 Å². The summed E-state index contributed by atoms with van der Waals surface area (Å²) in [6.07, 6.45) is 0. The van der Waals surface area contributed by atoms with Gasteiger partial charge >= 0.3 is 0 Å². The van der Waals surface area contributed by atoms with Crippen LogP contribution in [0.25, 0.3) is 0 Å². The number of rotatable bonds is 9. The number of hydrogen-bond acceptors (Lipinski definition) is 5. The molecule has 0 saturated carbocycles. The molecule has 1 N–H and O–H groups in total. The van der Waals surface area contributed by atoms with Gasteiger partial charge in [0.1, 0.15) is 12.4 Å². The maximum atomic E-state index is 12.3. The third-order valence-electron chi connectivity index (χ3n) is 4.34. The van der Waals surface area contributed by atoms with E-state index < -0.39 is 0 Å². The molecule has 6 nitrogen and oxygen atoms in total. The summed E-state index contributed by atoms with van der Waals surface area (Å²) >= 11 is 0. The smallest absolute Gasteiger partial charge is 0.262 e. The normalized spacial score (nSPS) is 10.2. The summed E-state index contributed by atoms with van der Waals surface area (Å²) in [5, 5.41) is 2.80. The number of ether oxygens (including phenoxy) is 4. The second kappa shape index (κ2) is 10.2. The molecule has 0 aromatic heterocycles. The standard InChI is InChI=1S/C24H25NO5/c1-17-13-21(27-2)24(22(14-17)28-3)30-16-23(26)25-19-9-11-20(12-10-19)29-15-18-7-5-4-6-8-18/h4-14H,15-16H2,1-3H3,(H,25,26). The fourth-order valence-corrected chi connectivity index (χ4v) is 2.86. The van der Waals surface area contributed by atoms with Crippen LogP contribution in [-0.2, 0) is 11.4 Å². The summed E-state index contributed by atoms with van der Waals surface area (Å²) < 4.78 is 22.1. The Bertz CT molecular complexity index is 946. The largest absolute Gasteiger partial charge is 0.493 e. The van der Waals surface area contributed by atoms with Crippen LogP contribution >= 0.6 is 0 Å². The Morgan fingerprint density at radius 2 is 1.50 bits per heavy atom. The number of nitrogens with one attached hydrogen (secondary N) is 1. The first kappa shape index (κ1) is 21.0. The monoisotopic (exact) mass is 407 g/mol. The minimum Gasteiger partial charge on any atom is -0.493 e. The highest BCUT2D eigenvalue weighted by Crippen LogP contribution is 2.38. The lowest BCUT2D eigenvalue weighted by molar-refractivity contribution is -0.118. The maximum absolute atomic E-state index is 12.3. The maximum Gasteiger partial charge on any atom is 0.262 e. The number of anilines is 1. The predicted octanol–water partition coefficient (Wildman–Crippen LogP) is 4.61. The zero-order valence-electron chi connectivity index (χ0n) is 17.3. The third kappa shape index (κ3) is 5.67. The van der Waals surface area contributed by atoms with Crippen molar-refractivity contribution in [1.82, 2.24) is 0 Å². The van der Waals surface area contributed by atoms with Crippen LogP contribution < -0.4 is 24.3 Å². The van der Waals surface area contributed by atoms with E-state index in [1.807, 2.05) is 61.5 Å². The lowest BCUT2D eigenvalue weighted by Gasteiger charge is -2.15. The Kier molecular flexibility index (Phi) is 7.16. The van der Waals surface area contributed by atoms with Crippen LogP contribution in [0.15, 0.2) is 66.7 Å². The molecule has 3 aromatic carbocycles. The van der Waals surface area contributed by atoms with E-state index in [4.69, 9.17) is 18.9 Å². The van der Waals surface area contributed by atoms with Crippen LogP contribution in [0.2, 0.25) is 0 Å². The Balaban J connectivity index is 1.54. The molecule has 30 heavy (non-hydrogen) atoms. The van der Waals surface area contributed by atoms with Crippen LogP contribution in [-0.4, -0.2) is 26.7 Å². The van der Waals surface area contributed by atoms with Gasteiger partial charge in [-0.05, 0) is 54.4 Å². The molecule has 0 saturated heterocycles. The van der Waals surface area contributed by atoms with Crippen LogP contribution in [0.1, 0.15) is 11.1 Å². The predicted molar refractivity (Wildman–Crippen MR) is 116 cm³/mol.